The van der Waals surface area contributed by atoms with Crippen LogP contribution in [0.4, 0.5) is 0 Å². The molecule has 0 aliphatic carbocycles. The van der Waals surface area contributed by atoms with Crippen molar-refractivity contribution in [1.82, 2.24) is 15.5 Å². The maximum atomic E-state index is 10.8. The summed E-state index contributed by atoms with van der Waals surface area (Å²) < 4.78 is 0. The smallest absolute Gasteiger partial charge is 0.265 e. The minimum absolute atomic E-state index is 0.321. The van der Waals surface area contributed by atoms with Crippen molar-refractivity contribution >= 4 is 5.91 Å². The predicted molar refractivity (Wildman–Crippen MR) is 35.1 cm³/mol. The van der Waals surface area contributed by atoms with Gasteiger partial charge in [0.1, 0.15) is 0 Å². The number of hydrogen-bond acceptors (Lipinski definition) is 4. The molecule has 1 amide bonds. The zero-order valence-corrected chi connectivity index (χ0v) is 5.48. The molecule has 54 valence electrons. The molecule has 1 heterocycles. The standard InChI is InChI=1S/C6H4N4O/c7-4-8-6(11)5-1-2-9-10-3-5/h1-3H,(H,8,11). The van der Waals surface area contributed by atoms with Crippen molar-refractivity contribution in [3.63, 3.8) is 0 Å². The van der Waals surface area contributed by atoms with E-state index < -0.39 is 5.91 Å². The topological polar surface area (TPSA) is 78.7 Å². The molecule has 0 fully saturated rings. The zero-order chi connectivity index (χ0) is 8.10. The molecule has 5 heteroatoms. The van der Waals surface area contributed by atoms with Gasteiger partial charge in [-0.25, -0.2) is 0 Å². The Bertz CT molecular complexity index is 289. The number of aromatic nitrogens is 2. The first-order valence-corrected chi connectivity index (χ1v) is 2.80. The third kappa shape index (κ3) is 1.72. The van der Waals surface area contributed by atoms with Gasteiger partial charge in [0, 0.05) is 0 Å². The van der Waals surface area contributed by atoms with E-state index in [4.69, 9.17) is 5.26 Å². The summed E-state index contributed by atoms with van der Waals surface area (Å²) in [5.74, 6) is -0.470. The number of amides is 1. The average Bonchev–Trinajstić information content (AvgIpc) is 2.07. The van der Waals surface area contributed by atoms with Crippen molar-refractivity contribution < 1.29 is 4.79 Å². The Balaban J connectivity index is 2.79. The van der Waals surface area contributed by atoms with Crippen LogP contribution in [0.3, 0.4) is 0 Å². The van der Waals surface area contributed by atoms with Gasteiger partial charge in [0.25, 0.3) is 5.91 Å². The highest BCUT2D eigenvalue weighted by Gasteiger charge is 2.02. The van der Waals surface area contributed by atoms with Crippen LogP contribution < -0.4 is 5.32 Å². The molecular weight excluding hydrogens is 144 g/mol. The number of nitrogens with zero attached hydrogens (tertiary/aromatic N) is 3. The van der Waals surface area contributed by atoms with Crippen molar-refractivity contribution in [1.29, 1.82) is 5.26 Å². The van der Waals surface area contributed by atoms with Crippen LogP contribution in [0.2, 0.25) is 0 Å². The summed E-state index contributed by atoms with van der Waals surface area (Å²) in [7, 11) is 0. The van der Waals surface area contributed by atoms with E-state index >= 15 is 0 Å². The highest BCUT2D eigenvalue weighted by Crippen LogP contribution is 1.91. The fourth-order valence-corrected chi connectivity index (χ4v) is 0.548. The maximum absolute atomic E-state index is 10.8. The van der Waals surface area contributed by atoms with Crippen LogP contribution in [0.5, 0.6) is 0 Å². The lowest BCUT2D eigenvalue weighted by atomic mass is 10.3. The van der Waals surface area contributed by atoms with Crippen molar-refractivity contribution in [3.05, 3.63) is 24.0 Å². The van der Waals surface area contributed by atoms with Gasteiger partial charge in [-0.3, -0.25) is 10.1 Å². The highest BCUT2D eigenvalue weighted by atomic mass is 16.1. The summed E-state index contributed by atoms with van der Waals surface area (Å²) in [6.45, 7) is 0. The minimum atomic E-state index is -0.470. The number of rotatable bonds is 1. The van der Waals surface area contributed by atoms with Gasteiger partial charge in [0.2, 0.25) is 0 Å². The Morgan fingerprint density at radius 2 is 2.45 bits per heavy atom. The van der Waals surface area contributed by atoms with Crippen LogP contribution in [0.25, 0.3) is 0 Å². The summed E-state index contributed by atoms with van der Waals surface area (Å²) >= 11 is 0. The Hall–Kier alpha value is -1.96. The zero-order valence-electron chi connectivity index (χ0n) is 5.48. The van der Waals surface area contributed by atoms with Crippen LogP contribution in [-0.4, -0.2) is 16.1 Å². The van der Waals surface area contributed by atoms with Gasteiger partial charge in [0.05, 0.1) is 18.0 Å². The van der Waals surface area contributed by atoms with E-state index in [0.29, 0.717) is 5.56 Å². The van der Waals surface area contributed by atoms with Gasteiger partial charge < -0.3 is 0 Å². The summed E-state index contributed by atoms with van der Waals surface area (Å²) in [6, 6.07) is 1.47. The average molecular weight is 148 g/mol. The molecule has 1 aromatic rings. The van der Waals surface area contributed by atoms with Gasteiger partial charge in [-0.15, -0.1) is 0 Å². The molecule has 11 heavy (non-hydrogen) atoms. The Morgan fingerprint density at radius 1 is 1.64 bits per heavy atom. The molecule has 1 rings (SSSR count). The fourth-order valence-electron chi connectivity index (χ4n) is 0.548. The van der Waals surface area contributed by atoms with Crippen molar-refractivity contribution in [3.8, 4) is 6.19 Å². The normalized spacial score (nSPS) is 8.27. The van der Waals surface area contributed by atoms with Crippen LogP contribution in [-0.2, 0) is 0 Å². The molecule has 0 unspecified atom stereocenters. The van der Waals surface area contributed by atoms with Gasteiger partial charge in [0.15, 0.2) is 6.19 Å². The first-order valence-electron chi connectivity index (χ1n) is 2.80. The quantitative estimate of drug-likeness (QED) is 0.437. The Kier molecular flexibility index (Phi) is 2.13. The lowest BCUT2D eigenvalue weighted by Crippen LogP contribution is -2.17. The third-order valence-electron chi connectivity index (χ3n) is 1.02. The molecule has 0 saturated heterocycles. The lowest BCUT2D eigenvalue weighted by molar-refractivity contribution is 0.0972. The molecule has 5 nitrogen and oxygen atoms in total. The first-order chi connectivity index (χ1) is 5.34. The Labute approximate surface area is 62.7 Å². The minimum Gasteiger partial charge on any atom is -0.268 e. The monoisotopic (exact) mass is 148 g/mol. The van der Waals surface area contributed by atoms with Crippen molar-refractivity contribution in [2.75, 3.05) is 0 Å². The van der Waals surface area contributed by atoms with E-state index in [1.54, 1.807) is 0 Å². The highest BCUT2D eigenvalue weighted by molar-refractivity contribution is 5.94. The molecule has 0 bridgehead atoms. The number of hydrogen-bond donors (Lipinski definition) is 1. The molecule has 0 aromatic carbocycles. The second kappa shape index (κ2) is 3.27. The SMILES string of the molecule is N#CNC(=O)c1ccnnc1. The largest absolute Gasteiger partial charge is 0.268 e. The molecule has 1 aromatic heterocycles. The number of nitrogens with one attached hydrogen (secondary N) is 1. The molecular formula is C6H4N4O. The molecule has 0 atom stereocenters. The van der Waals surface area contributed by atoms with Gasteiger partial charge >= 0.3 is 0 Å². The molecule has 0 aliphatic heterocycles. The Morgan fingerprint density at radius 3 is 3.00 bits per heavy atom. The first kappa shape index (κ1) is 7.15. The molecule has 0 aliphatic rings. The van der Waals surface area contributed by atoms with Gasteiger partial charge in [-0.05, 0) is 6.07 Å². The second-order valence-electron chi connectivity index (χ2n) is 1.70. The van der Waals surface area contributed by atoms with E-state index in [0.717, 1.165) is 0 Å². The number of carbonyl (C=O) groups is 1. The molecule has 0 spiro atoms. The summed E-state index contributed by atoms with van der Waals surface area (Å²) in [5.41, 5.74) is 0.321. The van der Waals surface area contributed by atoms with Crippen molar-refractivity contribution in [2.24, 2.45) is 0 Å². The van der Waals surface area contributed by atoms with Crippen LogP contribution in [0.1, 0.15) is 10.4 Å². The van der Waals surface area contributed by atoms with Crippen molar-refractivity contribution in [2.45, 2.75) is 0 Å². The van der Waals surface area contributed by atoms with Crippen LogP contribution >= 0.6 is 0 Å². The molecule has 0 radical (unpaired) electrons. The second-order valence-corrected chi connectivity index (χ2v) is 1.70. The number of nitriles is 1. The summed E-state index contributed by atoms with van der Waals surface area (Å²) in [4.78, 5) is 10.8. The van der Waals surface area contributed by atoms with E-state index in [2.05, 4.69) is 10.2 Å². The molecule has 1 N–H and O–H groups in total. The van der Waals surface area contributed by atoms with E-state index in [1.807, 2.05) is 5.32 Å². The number of carbonyl (C=O) groups excluding carboxylic acids is 1. The summed E-state index contributed by atoms with van der Waals surface area (Å²) in [5, 5.41) is 17.0. The fraction of sp³-hybridized carbons (Fsp3) is 0. The van der Waals surface area contributed by atoms with Gasteiger partial charge in [-0.1, -0.05) is 0 Å². The third-order valence-corrected chi connectivity index (χ3v) is 1.02. The maximum Gasteiger partial charge on any atom is 0.265 e. The predicted octanol–water partition coefficient (Wildman–Crippen LogP) is -0.313. The van der Waals surface area contributed by atoms with E-state index in [1.165, 1.54) is 24.7 Å². The van der Waals surface area contributed by atoms with E-state index in [-0.39, 0.29) is 0 Å². The van der Waals surface area contributed by atoms with Crippen LogP contribution in [0.15, 0.2) is 18.5 Å². The molecule has 0 saturated carbocycles. The van der Waals surface area contributed by atoms with Gasteiger partial charge in [-0.2, -0.15) is 15.5 Å². The lowest BCUT2D eigenvalue weighted by Gasteiger charge is -1.92. The summed E-state index contributed by atoms with van der Waals surface area (Å²) in [6.07, 6.45) is 4.18. The van der Waals surface area contributed by atoms with E-state index in [9.17, 15) is 4.79 Å². The van der Waals surface area contributed by atoms with Crippen LogP contribution in [0, 0.1) is 11.5 Å².